The Balaban J connectivity index is 1.62. The first kappa shape index (κ1) is 14.3. The minimum atomic E-state index is -0.673. The highest BCUT2D eigenvalue weighted by Crippen LogP contribution is 2.48. The van der Waals surface area contributed by atoms with Gasteiger partial charge in [-0.3, -0.25) is 0 Å². The molecule has 2 aliphatic rings. The van der Waals surface area contributed by atoms with Gasteiger partial charge in [-0.1, -0.05) is 6.42 Å². The van der Waals surface area contributed by atoms with Gasteiger partial charge in [0.2, 0.25) is 0 Å². The summed E-state index contributed by atoms with van der Waals surface area (Å²) >= 11 is 0. The lowest BCUT2D eigenvalue weighted by Gasteiger charge is -2.28. The van der Waals surface area contributed by atoms with E-state index in [1.807, 2.05) is 6.92 Å². The van der Waals surface area contributed by atoms with E-state index in [4.69, 9.17) is 5.73 Å². The molecule has 2 rings (SSSR count). The lowest BCUT2D eigenvalue weighted by molar-refractivity contribution is 0.0544. The van der Waals surface area contributed by atoms with E-state index < -0.39 is 5.60 Å². The third-order valence-electron chi connectivity index (χ3n) is 5.13. The van der Waals surface area contributed by atoms with E-state index in [9.17, 15) is 5.11 Å². The van der Waals surface area contributed by atoms with Gasteiger partial charge in [0.1, 0.15) is 0 Å². The first-order valence-electron chi connectivity index (χ1n) is 7.61. The van der Waals surface area contributed by atoms with Crippen LogP contribution >= 0.6 is 0 Å². The van der Waals surface area contributed by atoms with Crippen molar-refractivity contribution in [3.63, 3.8) is 0 Å². The van der Waals surface area contributed by atoms with Crippen molar-refractivity contribution in [3.8, 4) is 0 Å². The van der Waals surface area contributed by atoms with Crippen molar-refractivity contribution in [3.05, 3.63) is 0 Å². The number of fused-ring (bicyclic) bond motifs is 2. The number of hydrogen-bond donors (Lipinski definition) is 2. The second kappa shape index (κ2) is 5.89. The maximum atomic E-state index is 9.86. The summed E-state index contributed by atoms with van der Waals surface area (Å²) < 4.78 is 0. The summed E-state index contributed by atoms with van der Waals surface area (Å²) in [7, 11) is 2.23. The molecule has 2 saturated carbocycles. The van der Waals surface area contributed by atoms with Crippen LogP contribution in [-0.4, -0.2) is 42.3 Å². The van der Waals surface area contributed by atoms with Gasteiger partial charge in [0.05, 0.1) is 5.60 Å². The zero-order valence-electron chi connectivity index (χ0n) is 12.1. The lowest BCUT2D eigenvalue weighted by Crippen LogP contribution is -2.35. The number of nitrogens with two attached hydrogens (primary N) is 1. The molecular formula is C15H30N2O. The van der Waals surface area contributed by atoms with Crippen LogP contribution in [0, 0.1) is 17.8 Å². The first-order valence-corrected chi connectivity index (χ1v) is 7.61. The molecule has 0 amide bonds. The second-order valence-electron chi connectivity index (χ2n) is 7.00. The second-order valence-corrected chi connectivity index (χ2v) is 7.00. The molecule has 0 aromatic rings. The van der Waals surface area contributed by atoms with Crippen molar-refractivity contribution < 1.29 is 5.11 Å². The molecule has 3 nitrogen and oxygen atoms in total. The summed E-state index contributed by atoms with van der Waals surface area (Å²) in [6.07, 6.45) is 7.79. The van der Waals surface area contributed by atoms with E-state index in [1.54, 1.807) is 0 Å². The third-order valence-corrected chi connectivity index (χ3v) is 5.13. The molecule has 18 heavy (non-hydrogen) atoms. The summed E-state index contributed by atoms with van der Waals surface area (Å²) in [5.74, 6) is 3.01. The van der Waals surface area contributed by atoms with Crippen LogP contribution in [0.5, 0.6) is 0 Å². The molecule has 0 heterocycles. The van der Waals surface area contributed by atoms with E-state index in [0.717, 1.165) is 37.1 Å². The molecule has 3 N–H and O–H groups in total. The van der Waals surface area contributed by atoms with Gasteiger partial charge in [0.25, 0.3) is 0 Å². The van der Waals surface area contributed by atoms with Gasteiger partial charge in [0.15, 0.2) is 0 Å². The lowest BCUT2D eigenvalue weighted by atomic mass is 9.88. The van der Waals surface area contributed by atoms with Gasteiger partial charge in [-0.25, -0.2) is 0 Å². The predicted molar refractivity (Wildman–Crippen MR) is 75.3 cm³/mol. The quantitative estimate of drug-likeness (QED) is 0.729. The normalized spacial score (nSPS) is 34.2. The van der Waals surface area contributed by atoms with E-state index >= 15 is 0 Å². The van der Waals surface area contributed by atoms with Crippen LogP contribution in [0.15, 0.2) is 0 Å². The van der Waals surface area contributed by atoms with Gasteiger partial charge in [-0.05, 0) is 70.4 Å². The molecule has 3 heteroatoms. The molecular weight excluding hydrogens is 224 g/mol. The molecule has 0 aromatic heterocycles. The van der Waals surface area contributed by atoms with Gasteiger partial charge in [0, 0.05) is 13.1 Å². The fourth-order valence-electron chi connectivity index (χ4n) is 3.92. The van der Waals surface area contributed by atoms with Crippen LogP contribution in [0.4, 0.5) is 0 Å². The summed E-state index contributed by atoms with van der Waals surface area (Å²) in [5.41, 5.74) is 4.86. The fraction of sp³-hybridized carbons (Fsp3) is 1.00. The molecule has 0 spiro atoms. The van der Waals surface area contributed by atoms with E-state index in [-0.39, 0.29) is 0 Å². The minimum absolute atomic E-state index is 0.364. The molecule has 0 aliphatic heterocycles. The molecule has 106 valence electrons. The Morgan fingerprint density at radius 1 is 1.33 bits per heavy atom. The van der Waals surface area contributed by atoms with Gasteiger partial charge >= 0.3 is 0 Å². The number of nitrogens with zero attached hydrogens (tertiary/aromatic N) is 1. The maximum Gasteiger partial charge on any atom is 0.0741 e. The van der Waals surface area contributed by atoms with Gasteiger partial charge < -0.3 is 15.7 Å². The van der Waals surface area contributed by atoms with E-state index in [0.29, 0.717) is 6.54 Å². The molecule has 0 aromatic carbocycles. The Morgan fingerprint density at radius 2 is 2.11 bits per heavy atom. The van der Waals surface area contributed by atoms with Crippen LogP contribution in [0.3, 0.4) is 0 Å². The largest absolute Gasteiger partial charge is 0.389 e. The van der Waals surface area contributed by atoms with E-state index in [2.05, 4.69) is 11.9 Å². The Bertz CT molecular complexity index is 267. The van der Waals surface area contributed by atoms with Gasteiger partial charge in [-0.15, -0.1) is 0 Å². The fourth-order valence-corrected chi connectivity index (χ4v) is 3.92. The highest BCUT2D eigenvalue weighted by atomic mass is 16.3. The van der Waals surface area contributed by atoms with Crippen LogP contribution in [0.25, 0.3) is 0 Å². The average molecular weight is 254 g/mol. The van der Waals surface area contributed by atoms with Crippen molar-refractivity contribution in [2.75, 3.05) is 26.7 Å². The zero-order valence-corrected chi connectivity index (χ0v) is 12.1. The minimum Gasteiger partial charge on any atom is -0.389 e. The van der Waals surface area contributed by atoms with Crippen LogP contribution in [-0.2, 0) is 0 Å². The maximum absolute atomic E-state index is 9.86. The number of rotatable bonds is 7. The van der Waals surface area contributed by atoms with Crippen molar-refractivity contribution in [2.24, 2.45) is 23.5 Å². The highest BCUT2D eigenvalue weighted by molar-refractivity contribution is 4.91. The van der Waals surface area contributed by atoms with Crippen molar-refractivity contribution in [1.29, 1.82) is 0 Å². The Labute approximate surface area is 112 Å². The van der Waals surface area contributed by atoms with Gasteiger partial charge in [-0.2, -0.15) is 0 Å². The van der Waals surface area contributed by atoms with Crippen LogP contribution in [0.2, 0.25) is 0 Å². The topological polar surface area (TPSA) is 49.5 Å². The third kappa shape index (κ3) is 3.69. The average Bonchev–Trinajstić information content (AvgIpc) is 2.90. The Hall–Kier alpha value is -0.120. The van der Waals surface area contributed by atoms with Crippen LogP contribution in [0.1, 0.15) is 45.4 Å². The zero-order chi connectivity index (χ0) is 13.2. The van der Waals surface area contributed by atoms with Crippen molar-refractivity contribution >= 4 is 0 Å². The Morgan fingerprint density at radius 3 is 2.67 bits per heavy atom. The number of aliphatic hydroxyl groups is 1. The van der Waals surface area contributed by atoms with E-state index in [1.165, 1.54) is 32.2 Å². The predicted octanol–water partition coefficient (Wildman–Crippen LogP) is 1.84. The summed E-state index contributed by atoms with van der Waals surface area (Å²) in [6.45, 7) is 4.54. The summed E-state index contributed by atoms with van der Waals surface area (Å²) in [5, 5.41) is 9.86. The molecule has 4 unspecified atom stereocenters. The molecule has 0 radical (unpaired) electrons. The van der Waals surface area contributed by atoms with Crippen LogP contribution < -0.4 is 5.73 Å². The standard InChI is InChI=1S/C15H30N2O/c1-15(18,11-16)6-3-7-17(2)10-14-9-12-4-5-13(14)8-12/h12-14,18H,3-11,16H2,1-2H3. The molecule has 2 fully saturated rings. The smallest absolute Gasteiger partial charge is 0.0741 e. The monoisotopic (exact) mass is 254 g/mol. The molecule has 2 aliphatic carbocycles. The van der Waals surface area contributed by atoms with Crippen molar-refractivity contribution in [1.82, 2.24) is 4.90 Å². The summed E-state index contributed by atoms with van der Waals surface area (Å²) in [6, 6.07) is 0. The van der Waals surface area contributed by atoms with Crippen molar-refractivity contribution in [2.45, 2.75) is 51.0 Å². The highest BCUT2D eigenvalue weighted by Gasteiger charge is 2.39. The molecule has 2 bridgehead atoms. The molecule has 4 atom stereocenters. The summed E-state index contributed by atoms with van der Waals surface area (Å²) in [4.78, 5) is 2.46. The number of hydrogen-bond acceptors (Lipinski definition) is 3. The SMILES string of the molecule is CN(CCCC(C)(O)CN)CC1CC2CCC1C2. The Kier molecular flexibility index (Phi) is 4.68. The molecule has 0 saturated heterocycles. The first-order chi connectivity index (χ1) is 8.50.